The van der Waals surface area contributed by atoms with Crippen molar-refractivity contribution in [1.82, 2.24) is 9.97 Å². The number of anilines is 1. The standard InChI is InChI=1S/C15H18ClN5O/c1-10-8-20-12(9-19-10)5-6-18-15(17)21-11-3-4-14(22-2)13(16)7-11/h3-4,7-9H,5-6H2,1-2H3,(H3,17,18,21). The van der Waals surface area contributed by atoms with Crippen LogP contribution in [0.15, 0.2) is 35.6 Å². The van der Waals surface area contributed by atoms with Crippen LogP contribution in [-0.4, -0.2) is 29.6 Å². The molecule has 0 amide bonds. The monoisotopic (exact) mass is 319 g/mol. The molecule has 22 heavy (non-hydrogen) atoms. The zero-order valence-corrected chi connectivity index (χ0v) is 13.3. The number of hydrogen-bond acceptors (Lipinski definition) is 4. The molecule has 2 rings (SSSR count). The van der Waals surface area contributed by atoms with E-state index < -0.39 is 0 Å². The highest BCUT2D eigenvalue weighted by atomic mass is 35.5. The van der Waals surface area contributed by atoms with Gasteiger partial charge in [-0.15, -0.1) is 0 Å². The Hall–Kier alpha value is -2.34. The molecule has 0 aliphatic carbocycles. The SMILES string of the molecule is COc1ccc(NC(N)=NCCc2cnc(C)cn2)cc1Cl. The van der Waals surface area contributed by atoms with Crippen molar-refractivity contribution in [3.05, 3.63) is 47.0 Å². The lowest BCUT2D eigenvalue weighted by Crippen LogP contribution is -2.23. The lowest BCUT2D eigenvalue weighted by Gasteiger charge is -2.08. The Labute approximate surface area is 134 Å². The van der Waals surface area contributed by atoms with Crippen LogP contribution in [0.3, 0.4) is 0 Å². The number of nitrogens with one attached hydrogen (secondary N) is 1. The number of hydrogen-bond donors (Lipinski definition) is 2. The van der Waals surface area contributed by atoms with Gasteiger partial charge in [0.25, 0.3) is 0 Å². The van der Waals surface area contributed by atoms with Gasteiger partial charge in [-0.1, -0.05) is 11.6 Å². The summed E-state index contributed by atoms with van der Waals surface area (Å²) in [5.41, 5.74) is 8.37. The minimum Gasteiger partial charge on any atom is -0.495 e. The van der Waals surface area contributed by atoms with E-state index in [1.165, 1.54) is 0 Å². The first-order chi connectivity index (χ1) is 10.6. The van der Waals surface area contributed by atoms with E-state index in [-0.39, 0.29) is 0 Å². The van der Waals surface area contributed by atoms with Crippen molar-refractivity contribution in [3.8, 4) is 5.75 Å². The molecule has 116 valence electrons. The van der Waals surface area contributed by atoms with Gasteiger partial charge in [0.1, 0.15) is 5.75 Å². The summed E-state index contributed by atoms with van der Waals surface area (Å²) in [5.74, 6) is 0.932. The maximum absolute atomic E-state index is 6.05. The summed E-state index contributed by atoms with van der Waals surface area (Å²) in [5, 5.41) is 3.49. The molecular weight excluding hydrogens is 302 g/mol. The highest BCUT2D eigenvalue weighted by Crippen LogP contribution is 2.26. The molecule has 0 aliphatic heterocycles. The maximum atomic E-state index is 6.05. The van der Waals surface area contributed by atoms with E-state index in [9.17, 15) is 0 Å². The number of methoxy groups -OCH3 is 1. The van der Waals surface area contributed by atoms with Gasteiger partial charge in [-0.25, -0.2) is 0 Å². The predicted molar refractivity (Wildman–Crippen MR) is 88.6 cm³/mol. The Morgan fingerprint density at radius 2 is 2.18 bits per heavy atom. The first-order valence-corrected chi connectivity index (χ1v) is 7.14. The number of rotatable bonds is 5. The molecule has 1 heterocycles. The van der Waals surface area contributed by atoms with Crippen LogP contribution in [0.2, 0.25) is 5.02 Å². The minimum absolute atomic E-state index is 0.321. The van der Waals surface area contributed by atoms with Crippen LogP contribution in [0.1, 0.15) is 11.4 Å². The Balaban J connectivity index is 1.89. The molecule has 0 unspecified atom stereocenters. The normalized spacial score (nSPS) is 11.3. The fourth-order valence-corrected chi connectivity index (χ4v) is 2.03. The highest BCUT2D eigenvalue weighted by molar-refractivity contribution is 6.32. The number of nitrogens with zero attached hydrogens (tertiary/aromatic N) is 3. The largest absolute Gasteiger partial charge is 0.495 e. The van der Waals surface area contributed by atoms with Crippen LogP contribution < -0.4 is 15.8 Å². The summed E-state index contributed by atoms with van der Waals surface area (Å²) < 4.78 is 5.09. The second-order valence-electron chi connectivity index (χ2n) is 4.64. The van der Waals surface area contributed by atoms with Crippen molar-refractivity contribution in [2.24, 2.45) is 10.7 Å². The van der Waals surface area contributed by atoms with Crippen molar-refractivity contribution in [1.29, 1.82) is 0 Å². The minimum atomic E-state index is 0.321. The molecule has 3 N–H and O–H groups in total. The lowest BCUT2D eigenvalue weighted by molar-refractivity contribution is 0.415. The van der Waals surface area contributed by atoms with Crippen molar-refractivity contribution in [2.75, 3.05) is 19.0 Å². The van der Waals surface area contributed by atoms with Gasteiger partial charge >= 0.3 is 0 Å². The maximum Gasteiger partial charge on any atom is 0.193 e. The molecule has 0 radical (unpaired) electrons. The number of ether oxygens (including phenoxy) is 1. The zero-order chi connectivity index (χ0) is 15.9. The molecule has 0 spiro atoms. The summed E-state index contributed by atoms with van der Waals surface area (Å²) in [6.45, 7) is 2.43. The van der Waals surface area contributed by atoms with E-state index in [0.29, 0.717) is 29.7 Å². The van der Waals surface area contributed by atoms with Gasteiger partial charge in [-0.3, -0.25) is 15.0 Å². The van der Waals surface area contributed by atoms with Crippen molar-refractivity contribution in [3.63, 3.8) is 0 Å². The fourth-order valence-electron chi connectivity index (χ4n) is 1.77. The van der Waals surface area contributed by atoms with E-state index >= 15 is 0 Å². The third-order valence-electron chi connectivity index (χ3n) is 2.91. The van der Waals surface area contributed by atoms with E-state index in [1.54, 1.807) is 31.6 Å². The van der Waals surface area contributed by atoms with Crippen LogP contribution in [0.4, 0.5) is 5.69 Å². The molecule has 0 bridgehead atoms. The van der Waals surface area contributed by atoms with Crippen molar-refractivity contribution < 1.29 is 4.74 Å². The first kappa shape index (κ1) is 16.0. The summed E-state index contributed by atoms with van der Waals surface area (Å²) in [7, 11) is 1.57. The second kappa shape index (κ2) is 7.61. The average Bonchev–Trinajstić information content (AvgIpc) is 2.49. The molecule has 0 saturated carbocycles. The van der Waals surface area contributed by atoms with Gasteiger partial charge in [0.15, 0.2) is 5.96 Å². The molecule has 0 atom stereocenters. The fraction of sp³-hybridized carbons (Fsp3) is 0.267. The number of aromatic nitrogens is 2. The summed E-state index contributed by atoms with van der Waals surface area (Å²) >= 11 is 6.05. The summed E-state index contributed by atoms with van der Waals surface area (Å²) in [4.78, 5) is 12.7. The van der Waals surface area contributed by atoms with E-state index in [2.05, 4.69) is 20.3 Å². The van der Waals surface area contributed by atoms with Crippen LogP contribution in [0.5, 0.6) is 5.75 Å². The predicted octanol–water partition coefficient (Wildman–Crippen LogP) is 2.42. The smallest absolute Gasteiger partial charge is 0.193 e. The number of aryl methyl sites for hydroxylation is 1. The second-order valence-corrected chi connectivity index (χ2v) is 5.05. The third kappa shape index (κ3) is 4.60. The molecule has 0 aliphatic rings. The molecule has 1 aromatic carbocycles. The van der Waals surface area contributed by atoms with Crippen LogP contribution in [-0.2, 0) is 6.42 Å². The van der Waals surface area contributed by atoms with Crippen molar-refractivity contribution >= 4 is 23.2 Å². The molecule has 1 aromatic heterocycles. The number of halogens is 1. The average molecular weight is 320 g/mol. The number of guanidine groups is 1. The quantitative estimate of drug-likeness (QED) is 0.653. The Bertz CT molecular complexity index is 657. The third-order valence-corrected chi connectivity index (χ3v) is 3.20. The Kier molecular flexibility index (Phi) is 5.55. The highest BCUT2D eigenvalue weighted by Gasteiger charge is 2.02. The van der Waals surface area contributed by atoms with Crippen LogP contribution >= 0.6 is 11.6 Å². The Morgan fingerprint density at radius 3 is 2.82 bits per heavy atom. The Morgan fingerprint density at radius 1 is 1.36 bits per heavy atom. The number of benzene rings is 1. The number of nitrogens with two attached hydrogens (primary N) is 1. The van der Waals surface area contributed by atoms with Gasteiger partial charge in [0.05, 0.1) is 23.5 Å². The first-order valence-electron chi connectivity index (χ1n) is 6.76. The van der Waals surface area contributed by atoms with Crippen LogP contribution in [0.25, 0.3) is 0 Å². The van der Waals surface area contributed by atoms with Crippen molar-refractivity contribution in [2.45, 2.75) is 13.3 Å². The van der Waals surface area contributed by atoms with E-state index in [1.807, 2.05) is 13.0 Å². The summed E-state index contributed by atoms with van der Waals surface area (Å²) in [6, 6.07) is 5.31. The molecule has 7 heteroatoms. The summed E-state index contributed by atoms with van der Waals surface area (Å²) in [6.07, 6.45) is 4.16. The zero-order valence-electron chi connectivity index (χ0n) is 12.5. The van der Waals surface area contributed by atoms with Gasteiger partial charge in [-0.2, -0.15) is 0 Å². The lowest BCUT2D eigenvalue weighted by atomic mass is 10.3. The molecule has 2 aromatic rings. The van der Waals surface area contributed by atoms with E-state index in [0.717, 1.165) is 17.1 Å². The molecular formula is C15H18ClN5O. The van der Waals surface area contributed by atoms with Gasteiger partial charge < -0.3 is 15.8 Å². The molecule has 0 fully saturated rings. The van der Waals surface area contributed by atoms with E-state index in [4.69, 9.17) is 22.1 Å². The molecule has 0 saturated heterocycles. The van der Waals surface area contributed by atoms with Gasteiger partial charge in [-0.05, 0) is 25.1 Å². The van der Waals surface area contributed by atoms with Crippen LogP contribution in [0, 0.1) is 6.92 Å². The molecule has 6 nitrogen and oxygen atoms in total. The van der Waals surface area contributed by atoms with Gasteiger partial charge in [0.2, 0.25) is 0 Å². The number of aliphatic imine (C=N–C) groups is 1. The van der Waals surface area contributed by atoms with Gasteiger partial charge in [0, 0.05) is 31.0 Å². The topological polar surface area (TPSA) is 85.4 Å².